The fraction of sp³-hybridized carbons (Fsp3) is 0.476. The van der Waals surface area contributed by atoms with E-state index in [2.05, 4.69) is 31.9 Å². The smallest absolute Gasteiger partial charge is 0.219 e. The minimum atomic E-state index is -0.887. The summed E-state index contributed by atoms with van der Waals surface area (Å²) in [5.41, 5.74) is 7.37. The van der Waals surface area contributed by atoms with Crippen molar-refractivity contribution in [2.24, 2.45) is 0 Å². The molecule has 3 aromatic heterocycles. The summed E-state index contributed by atoms with van der Waals surface area (Å²) in [6.07, 6.45) is 5.21. The van der Waals surface area contributed by atoms with E-state index in [4.69, 9.17) is 15.5 Å². The number of nitrogen functional groups attached to an aromatic ring is 1. The van der Waals surface area contributed by atoms with Crippen molar-refractivity contribution in [3.63, 3.8) is 0 Å². The Balaban J connectivity index is 1.45. The third kappa shape index (κ3) is 4.68. The third-order valence-corrected chi connectivity index (χ3v) is 8.11. The van der Waals surface area contributed by atoms with E-state index in [1.807, 2.05) is 15.6 Å². The standard InChI is InChI=1S/C21H27N7O2S2/c1-32(29)28-4-2-26(3-5-28)14-17-10-15-11-18(16-12-23-21(22)24-13-16)25-20(19(15)31-17)27-6-8-30-9-7-27/h10-13H,2-9,14H2,1H3,(H2,22,23,24). The first-order valence-electron chi connectivity index (χ1n) is 10.7. The molecule has 5 rings (SSSR count). The predicted octanol–water partition coefficient (Wildman–Crippen LogP) is 1.58. The maximum Gasteiger partial charge on any atom is 0.219 e. The highest BCUT2D eigenvalue weighted by molar-refractivity contribution is 7.88. The van der Waals surface area contributed by atoms with Crippen molar-refractivity contribution in [3.05, 3.63) is 29.4 Å². The molecule has 0 amide bonds. The van der Waals surface area contributed by atoms with Crippen LogP contribution in [0, 0.1) is 0 Å². The summed E-state index contributed by atoms with van der Waals surface area (Å²) in [5.74, 6) is 1.26. The van der Waals surface area contributed by atoms with Crippen molar-refractivity contribution in [2.45, 2.75) is 6.54 Å². The zero-order valence-electron chi connectivity index (χ0n) is 18.1. The topological polar surface area (TPSA) is 107 Å². The Hall–Kier alpha value is -2.02. The molecule has 1 atom stereocenters. The van der Waals surface area contributed by atoms with E-state index in [1.165, 1.54) is 15.0 Å². The Morgan fingerprint density at radius 3 is 2.50 bits per heavy atom. The van der Waals surface area contributed by atoms with Gasteiger partial charge in [0.05, 0.1) is 36.7 Å². The number of anilines is 2. The monoisotopic (exact) mass is 473 g/mol. The third-order valence-electron chi connectivity index (χ3n) is 5.89. The number of nitrogens with zero attached hydrogens (tertiary/aromatic N) is 6. The van der Waals surface area contributed by atoms with Gasteiger partial charge in [0.1, 0.15) is 12.1 Å². The van der Waals surface area contributed by atoms with Gasteiger partial charge in [-0.15, -0.1) is 15.6 Å². The number of nitrogens with two attached hydrogens (primary N) is 1. The molecule has 2 fully saturated rings. The first-order valence-corrected chi connectivity index (χ1v) is 13.0. The lowest BCUT2D eigenvalue weighted by atomic mass is 10.1. The molecule has 0 aliphatic carbocycles. The fourth-order valence-corrected chi connectivity index (χ4v) is 6.01. The van der Waals surface area contributed by atoms with Crippen LogP contribution in [0.2, 0.25) is 0 Å². The first kappa shape index (κ1) is 21.8. The molecule has 3 aromatic rings. The number of piperazine rings is 1. The number of hydrogen-bond donors (Lipinski definition) is 1. The number of rotatable bonds is 5. The number of ether oxygens (including phenoxy) is 1. The van der Waals surface area contributed by atoms with Gasteiger partial charge >= 0.3 is 0 Å². The lowest BCUT2D eigenvalue weighted by Gasteiger charge is -2.32. The zero-order chi connectivity index (χ0) is 22.1. The van der Waals surface area contributed by atoms with Gasteiger partial charge in [0.2, 0.25) is 5.95 Å². The molecule has 1 unspecified atom stereocenters. The Kier molecular flexibility index (Phi) is 6.44. The number of thiophene rings is 1. The highest BCUT2D eigenvalue weighted by Gasteiger charge is 2.24. The summed E-state index contributed by atoms with van der Waals surface area (Å²) >= 11 is 0.926. The van der Waals surface area contributed by atoms with Crippen molar-refractivity contribution in [3.8, 4) is 11.3 Å². The molecule has 0 saturated carbocycles. The Morgan fingerprint density at radius 1 is 1.09 bits per heavy atom. The molecular weight excluding hydrogens is 446 g/mol. The van der Waals surface area contributed by atoms with Crippen LogP contribution in [0.4, 0.5) is 11.8 Å². The minimum absolute atomic E-state index is 0.257. The van der Waals surface area contributed by atoms with Gasteiger partial charge in [0.15, 0.2) is 0 Å². The molecule has 0 aromatic carbocycles. The molecule has 32 heavy (non-hydrogen) atoms. The Labute approximate surface area is 194 Å². The quantitative estimate of drug-likeness (QED) is 0.553. The van der Waals surface area contributed by atoms with Crippen LogP contribution in [-0.2, 0) is 22.6 Å². The largest absolute Gasteiger partial charge is 0.598 e. The second-order valence-electron chi connectivity index (χ2n) is 8.02. The van der Waals surface area contributed by atoms with Gasteiger partial charge in [0.25, 0.3) is 0 Å². The minimum Gasteiger partial charge on any atom is -0.598 e. The summed E-state index contributed by atoms with van der Waals surface area (Å²) in [6.45, 7) is 7.50. The normalized spacial score (nSPS) is 19.5. The maximum absolute atomic E-state index is 11.7. The van der Waals surface area contributed by atoms with E-state index in [1.54, 1.807) is 18.6 Å². The van der Waals surface area contributed by atoms with Crippen LogP contribution in [0.1, 0.15) is 4.88 Å². The summed E-state index contributed by atoms with van der Waals surface area (Å²) < 4.78 is 20.5. The van der Waals surface area contributed by atoms with Crippen molar-refractivity contribution in [1.82, 2.24) is 24.2 Å². The van der Waals surface area contributed by atoms with E-state index in [0.717, 1.165) is 62.9 Å². The van der Waals surface area contributed by atoms with Crippen molar-refractivity contribution in [2.75, 3.05) is 69.4 Å². The number of pyridine rings is 1. The lowest BCUT2D eigenvalue weighted by Crippen LogP contribution is -2.47. The summed E-state index contributed by atoms with van der Waals surface area (Å²) in [6, 6.07) is 4.39. The van der Waals surface area contributed by atoms with Crippen LogP contribution in [0.5, 0.6) is 0 Å². The van der Waals surface area contributed by atoms with E-state index in [0.29, 0.717) is 13.2 Å². The van der Waals surface area contributed by atoms with Crippen LogP contribution >= 0.6 is 11.3 Å². The second-order valence-corrected chi connectivity index (χ2v) is 10.5. The lowest BCUT2D eigenvalue weighted by molar-refractivity contribution is 0.122. The molecule has 5 heterocycles. The molecule has 9 nitrogen and oxygen atoms in total. The van der Waals surface area contributed by atoms with Crippen LogP contribution < -0.4 is 10.6 Å². The molecule has 0 bridgehead atoms. The summed E-state index contributed by atoms with van der Waals surface area (Å²) in [5, 5.41) is 1.18. The zero-order valence-corrected chi connectivity index (χ0v) is 19.7. The van der Waals surface area contributed by atoms with Gasteiger partial charge in [-0.1, -0.05) is 0 Å². The van der Waals surface area contributed by atoms with Crippen LogP contribution in [0.25, 0.3) is 21.3 Å². The number of morpholine rings is 1. The molecule has 2 aliphatic heterocycles. The second kappa shape index (κ2) is 9.46. The maximum atomic E-state index is 11.7. The van der Waals surface area contributed by atoms with Gasteiger partial charge in [0, 0.05) is 66.9 Å². The van der Waals surface area contributed by atoms with Gasteiger partial charge in [-0.3, -0.25) is 4.90 Å². The van der Waals surface area contributed by atoms with Gasteiger partial charge < -0.3 is 19.9 Å². The average Bonchev–Trinajstić information content (AvgIpc) is 3.22. The van der Waals surface area contributed by atoms with E-state index in [9.17, 15) is 4.55 Å². The summed E-state index contributed by atoms with van der Waals surface area (Å²) in [7, 11) is 0. The molecule has 2 saturated heterocycles. The van der Waals surface area contributed by atoms with Gasteiger partial charge in [-0.25, -0.2) is 15.0 Å². The van der Waals surface area contributed by atoms with Gasteiger partial charge in [-0.2, -0.15) is 0 Å². The predicted molar refractivity (Wildman–Crippen MR) is 129 cm³/mol. The van der Waals surface area contributed by atoms with Crippen molar-refractivity contribution >= 4 is 44.6 Å². The number of hydrogen-bond acceptors (Lipinski definition) is 10. The summed E-state index contributed by atoms with van der Waals surface area (Å²) in [4.78, 5) is 19.4. The van der Waals surface area contributed by atoms with Gasteiger partial charge in [-0.05, 0) is 17.5 Å². The van der Waals surface area contributed by atoms with Crippen molar-refractivity contribution < 1.29 is 9.29 Å². The van der Waals surface area contributed by atoms with E-state index in [-0.39, 0.29) is 5.95 Å². The van der Waals surface area contributed by atoms with Crippen molar-refractivity contribution in [1.29, 1.82) is 0 Å². The fourth-order valence-electron chi connectivity index (χ4n) is 4.14. The Bertz CT molecular complexity index is 1060. The SMILES string of the molecule is C[S+]([O-])N1CCN(Cc2cc3cc(-c4cnc(N)nc4)nc(N4CCOCC4)c3s2)CC1. The highest BCUT2D eigenvalue weighted by atomic mass is 32.2. The van der Waals surface area contributed by atoms with E-state index >= 15 is 0 Å². The average molecular weight is 474 g/mol. The molecule has 0 radical (unpaired) electrons. The Morgan fingerprint density at radius 2 is 1.81 bits per heavy atom. The molecule has 0 spiro atoms. The molecule has 2 N–H and O–H groups in total. The van der Waals surface area contributed by atoms with Crippen LogP contribution in [0.15, 0.2) is 24.5 Å². The van der Waals surface area contributed by atoms with E-state index < -0.39 is 11.4 Å². The van der Waals surface area contributed by atoms with Crippen LogP contribution in [-0.4, -0.2) is 87.4 Å². The molecule has 170 valence electrons. The first-order chi connectivity index (χ1) is 15.6. The molecular formula is C21H27N7O2S2. The molecule has 2 aliphatic rings. The molecule has 11 heteroatoms. The number of aromatic nitrogens is 3. The highest BCUT2D eigenvalue weighted by Crippen LogP contribution is 2.36. The van der Waals surface area contributed by atoms with Crippen LogP contribution in [0.3, 0.4) is 0 Å². The number of fused-ring (bicyclic) bond motifs is 1.